The van der Waals surface area contributed by atoms with Crippen LogP contribution in [0.2, 0.25) is 0 Å². The largest absolute Gasteiger partial charge is 0.381 e. The SMILES string of the molecule is CNC(=O)c1cc(NC2CCCCC2N)ccn1. The van der Waals surface area contributed by atoms with Gasteiger partial charge in [-0.15, -0.1) is 0 Å². The smallest absolute Gasteiger partial charge is 0.269 e. The van der Waals surface area contributed by atoms with E-state index < -0.39 is 0 Å². The molecule has 0 radical (unpaired) electrons. The molecule has 2 rings (SSSR count). The van der Waals surface area contributed by atoms with Crippen LogP contribution in [0.5, 0.6) is 0 Å². The molecule has 1 aliphatic rings. The minimum absolute atomic E-state index is 0.174. The lowest BCUT2D eigenvalue weighted by Gasteiger charge is -2.30. The molecular formula is C13H20N4O. The summed E-state index contributed by atoms with van der Waals surface area (Å²) in [5, 5.41) is 5.97. The lowest BCUT2D eigenvalue weighted by molar-refractivity contribution is 0.0958. The van der Waals surface area contributed by atoms with Crippen molar-refractivity contribution in [2.24, 2.45) is 5.73 Å². The molecule has 1 aromatic rings. The zero-order valence-corrected chi connectivity index (χ0v) is 10.6. The second kappa shape index (κ2) is 5.82. The first kappa shape index (κ1) is 12.8. The summed E-state index contributed by atoms with van der Waals surface area (Å²) in [6.45, 7) is 0. The minimum atomic E-state index is -0.174. The molecule has 0 bridgehead atoms. The van der Waals surface area contributed by atoms with Gasteiger partial charge in [-0.25, -0.2) is 0 Å². The summed E-state index contributed by atoms with van der Waals surface area (Å²) in [5.74, 6) is -0.174. The van der Waals surface area contributed by atoms with Crippen LogP contribution < -0.4 is 16.4 Å². The molecule has 0 saturated heterocycles. The van der Waals surface area contributed by atoms with Gasteiger partial charge in [0.1, 0.15) is 5.69 Å². The Morgan fingerprint density at radius 2 is 2.22 bits per heavy atom. The van der Waals surface area contributed by atoms with E-state index in [0.29, 0.717) is 11.7 Å². The first-order chi connectivity index (χ1) is 8.70. The highest BCUT2D eigenvalue weighted by molar-refractivity contribution is 5.92. The van der Waals surface area contributed by atoms with Crippen molar-refractivity contribution in [2.75, 3.05) is 12.4 Å². The van der Waals surface area contributed by atoms with E-state index in [1.807, 2.05) is 6.07 Å². The summed E-state index contributed by atoms with van der Waals surface area (Å²) in [7, 11) is 1.60. The Morgan fingerprint density at radius 3 is 2.94 bits per heavy atom. The Balaban J connectivity index is 2.06. The summed E-state index contributed by atoms with van der Waals surface area (Å²) in [6, 6.07) is 4.11. The van der Waals surface area contributed by atoms with Crippen molar-refractivity contribution in [3.05, 3.63) is 24.0 Å². The summed E-state index contributed by atoms with van der Waals surface area (Å²) in [4.78, 5) is 15.5. The number of nitrogens with one attached hydrogen (secondary N) is 2. The molecular weight excluding hydrogens is 228 g/mol. The molecule has 98 valence electrons. The highest BCUT2D eigenvalue weighted by atomic mass is 16.1. The number of nitrogens with zero attached hydrogens (tertiary/aromatic N) is 1. The van der Waals surface area contributed by atoms with Crippen LogP contribution in [-0.2, 0) is 0 Å². The van der Waals surface area contributed by atoms with Crippen LogP contribution in [0.3, 0.4) is 0 Å². The van der Waals surface area contributed by atoms with Crippen LogP contribution in [0.1, 0.15) is 36.2 Å². The van der Waals surface area contributed by atoms with Gasteiger partial charge in [-0.3, -0.25) is 9.78 Å². The summed E-state index contributed by atoms with van der Waals surface area (Å²) in [5.41, 5.74) is 7.42. The number of amides is 1. The zero-order chi connectivity index (χ0) is 13.0. The zero-order valence-electron chi connectivity index (χ0n) is 10.6. The van der Waals surface area contributed by atoms with Gasteiger partial charge >= 0.3 is 0 Å². The van der Waals surface area contributed by atoms with Crippen LogP contribution in [0, 0.1) is 0 Å². The van der Waals surface area contributed by atoms with E-state index in [1.54, 1.807) is 19.3 Å². The van der Waals surface area contributed by atoms with Gasteiger partial charge < -0.3 is 16.4 Å². The average molecular weight is 248 g/mol. The molecule has 1 saturated carbocycles. The number of aromatic nitrogens is 1. The van der Waals surface area contributed by atoms with Crippen molar-refractivity contribution in [2.45, 2.75) is 37.8 Å². The van der Waals surface area contributed by atoms with Crippen molar-refractivity contribution in [3.63, 3.8) is 0 Å². The number of pyridine rings is 1. The van der Waals surface area contributed by atoms with Gasteiger partial charge in [0, 0.05) is 31.0 Å². The highest BCUT2D eigenvalue weighted by Crippen LogP contribution is 2.21. The third-order valence-electron chi connectivity index (χ3n) is 3.39. The first-order valence-electron chi connectivity index (χ1n) is 6.41. The summed E-state index contributed by atoms with van der Waals surface area (Å²) < 4.78 is 0. The number of anilines is 1. The van der Waals surface area contributed by atoms with E-state index in [2.05, 4.69) is 15.6 Å². The predicted octanol–water partition coefficient (Wildman–Crippen LogP) is 1.12. The quantitative estimate of drug-likeness (QED) is 0.749. The minimum Gasteiger partial charge on any atom is -0.381 e. The third kappa shape index (κ3) is 2.98. The molecule has 1 fully saturated rings. The molecule has 5 heteroatoms. The molecule has 0 aromatic carbocycles. The van der Waals surface area contributed by atoms with Crippen LogP contribution in [0.15, 0.2) is 18.3 Å². The lowest BCUT2D eigenvalue weighted by atomic mass is 9.91. The lowest BCUT2D eigenvalue weighted by Crippen LogP contribution is -2.42. The molecule has 0 spiro atoms. The van der Waals surface area contributed by atoms with Crippen molar-refractivity contribution in [1.82, 2.24) is 10.3 Å². The van der Waals surface area contributed by atoms with Crippen LogP contribution in [0.25, 0.3) is 0 Å². The molecule has 1 aliphatic carbocycles. The maximum Gasteiger partial charge on any atom is 0.269 e. The number of carbonyl (C=O) groups excluding carboxylic acids is 1. The fourth-order valence-electron chi connectivity index (χ4n) is 2.33. The predicted molar refractivity (Wildman–Crippen MR) is 71.5 cm³/mol. The van der Waals surface area contributed by atoms with E-state index in [9.17, 15) is 4.79 Å². The van der Waals surface area contributed by atoms with Gasteiger partial charge in [-0.05, 0) is 25.0 Å². The fourth-order valence-corrected chi connectivity index (χ4v) is 2.33. The Labute approximate surface area is 107 Å². The van der Waals surface area contributed by atoms with E-state index in [-0.39, 0.29) is 11.9 Å². The van der Waals surface area contributed by atoms with Gasteiger partial charge in [0.15, 0.2) is 0 Å². The number of nitrogens with two attached hydrogens (primary N) is 1. The van der Waals surface area contributed by atoms with Crippen molar-refractivity contribution in [3.8, 4) is 0 Å². The fraction of sp³-hybridized carbons (Fsp3) is 0.538. The Hall–Kier alpha value is -1.62. The highest BCUT2D eigenvalue weighted by Gasteiger charge is 2.21. The normalized spacial score (nSPS) is 23.4. The van der Waals surface area contributed by atoms with Crippen LogP contribution in [0.4, 0.5) is 5.69 Å². The number of hydrogen-bond acceptors (Lipinski definition) is 4. The molecule has 4 N–H and O–H groups in total. The van der Waals surface area contributed by atoms with Gasteiger partial charge in [-0.1, -0.05) is 12.8 Å². The molecule has 1 amide bonds. The van der Waals surface area contributed by atoms with Crippen LogP contribution >= 0.6 is 0 Å². The molecule has 0 aliphatic heterocycles. The van der Waals surface area contributed by atoms with Gasteiger partial charge in [-0.2, -0.15) is 0 Å². The molecule has 2 unspecified atom stereocenters. The van der Waals surface area contributed by atoms with E-state index in [0.717, 1.165) is 18.5 Å². The molecule has 1 heterocycles. The van der Waals surface area contributed by atoms with Crippen LogP contribution in [-0.4, -0.2) is 30.0 Å². The van der Waals surface area contributed by atoms with E-state index in [4.69, 9.17) is 5.73 Å². The summed E-state index contributed by atoms with van der Waals surface area (Å²) in [6.07, 6.45) is 6.20. The van der Waals surface area contributed by atoms with Gasteiger partial charge in [0.25, 0.3) is 5.91 Å². The topological polar surface area (TPSA) is 80.0 Å². The van der Waals surface area contributed by atoms with Crippen molar-refractivity contribution < 1.29 is 4.79 Å². The number of rotatable bonds is 3. The van der Waals surface area contributed by atoms with Gasteiger partial charge in [0.2, 0.25) is 0 Å². The van der Waals surface area contributed by atoms with Crippen molar-refractivity contribution in [1.29, 1.82) is 0 Å². The molecule has 18 heavy (non-hydrogen) atoms. The Kier molecular flexibility index (Phi) is 4.15. The maximum absolute atomic E-state index is 11.5. The van der Waals surface area contributed by atoms with E-state index in [1.165, 1.54) is 12.8 Å². The third-order valence-corrected chi connectivity index (χ3v) is 3.39. The average Bonchev–Trinajstić information content (AvgIpc) is 2.41. The maximum atomic E-state index is 11.5. The van der Waals surface area contributed by atoms with Gasteiger partial charge in [0.05, 0.1) is 0 Å². The second-order valence-corrected chi connectivity index (χ2v) is 4.71. The second-order valence-electron chi connectivity index (χ2n) is 4.71. The number of hydrogen-bond donors (Lipinski definition) is 3. The Morgan fingerprint density at radius 1 is 1.44 bits per heavy atom. The standard InChI is InChI=1S/C13H20N4O/c1-15-13(18)12-8-9(6-7-16-12)17-11-5-3-2-4-10(11)14/h6-8,10-11H,2-5,14H2,1H3,(H,15,18)(H,16,17). The molecule has 1 aromatic heterocycles. The monoisotopic (exact) mass is 248 g/mol. The van der Waals surface area contributed by atoms with E-state index >= 15 is 0 Å². The first-order valence-corrected chi connectivity index (χ1v) is 6.41. The molecule has 2 atom stereocenters. The van der Waals surface area contributed by atoms with Crippen molar-refractivity contribution >= 4 is 11.6 Å². The molecule has 5 nitrogen and oxygen atoms in total. The summed E-state index contributed by atoms with van der Waals surface area (Å²) >= 11 is 0. The Bertz CT molecular complexity index is 421. The number of carbonyl (C=O) groups is 1.